The number of aliphatic hydroxyl groups excluding tert-OH is 2. The van der Waals surface area contributed by atoms with Crippen LogP contribution < -0.4 is 0 Å². The van der Waals surface area contributed by atoms with E-state index in [9.17, 15) is 0 Å². The first-order valence-corrected chi connectivity index (χ1v) is 10.4. The quantitative estimate of drug-likeness (QED) is 0.477. The SMILES string of the molecule is CCO[Si](C)(CCCN(CCCO)CCCO)OCC. The van der Waals surface area contributed by atoms with E-state index in [0.29, 0.717) is 13.2 Å². The molecule has 6 heteroatoms. The van der Waals surface area contributed by atoms with Crippen LogP contribution >= 0.6 is 0 Å². The molecule has 0 aromatic rings. The number of hydrogen-bond acceptors (Lipinski definition) is 5. The summed E-state index contributed by atoms with van der Waals surface area (Å²) in [6.07, 6.45) is 2.62. The minimum Gasteiger partial charge on any atom is -0.396 e. The summed E-state index contributed by atoms with van der Waals surface area (Å²) in [5.74, 6) is 0. The normalized spacial score (nSPS) is 12.3. The zero-order valence-electron chi connectivity index (χ0n) is 13.4. The first-order valence-electron chi connectivity index (χ1n) is 7.83. The Morgan fingerprint density at radius 3 is 1.70 bits per heavy atom. The van der Waals surface area contributed by atoms with Gasteiger partial charge in [-0.15, -0.1) is 0 Å². The van der Waals surface area contributed by atoms with Gasteiger partial charge in [-0.25, -0.2) is 0 Å². The van der Waals surface area contributed by atoms with Crippen LogP contribution in [0.25, 0.3) is 0 Å². The Hall–Kier alpha value is 0.0169. The van der Waals surface area contributed by atoms with Gasteiger partial charge in [-0.3, -0.25) is 0 Å². The largest absolute Gasteiger partial charge is 0.396 e. The summed E-state index contributed by atoms with van der Waals surface area (Å²) >= 11 is 0. The molecule has 2 N–H and O–H groups in total. The van der Waals surface area contributed by atoms with E-state index < -0.39 is 8.56 Å². The Morgan fingerprint density at radius 2 is 1.30 bits per heavy atom. The van der Waals surface area contributed by atoms with Crippen LogP contribution in [0.3, 0.4) is 0 Å². The van der Waals surface area contributed by atoms with Crippen molar-refractivity contribution in [1.82, 2.24) is 4.90 Å². The first kappa shape index (κ1) is 20.0. The third kappa shape index (κ3) is 9.85. The average molecular weight is 308 g/mol. The maximum absolute atomic E-state index is 8.93. The molecular formula is C14H33NO4Si. The molecular weight excluding hydrogens is 274 g/mol. The van der Waals surface area contributed by atoms with Crippen molar-refractivity contribution in [3.8, 4) is 0 Å². The molecule has 0 aliphatic rings. The molecule has 0 aliphatic carbocycles. The molecule has 0 bridgehead atoms. The Balaban J connectivity index is 4.09. The highest BCUT2D eigenvalue weighted by atomic mass is 28.4. The number of rotatable bonds is 14. The van der Waals surface area contributed by atoms with Crippen LogP contribution in [-0.2, 0) is 8.85 Å². The van der Waals surface area contributed by atoms with Gasteiger partial charge in [-0.05, 0) is 52.2 Å². The van der Waals surface area contributed by atoms with Crippen LogP contribution in [0.5, 0.6) is 0 Å². The predicted octanol–water partition coefficient (Wildman–Crippen LogP) is 1.59. The van der Waals surface area contributed by atoms with Gasteiger partial charge in [0.2, 0.25) is 0 Å². The van der Waals surface area contributed by atoms with Gasteiger partial charge in [0.1, 0.15) is 0 Å². The topological polar surface area (TPSA) is 62.2 Å². The van der Waals surface area contributed by atoms with Crippen molar-refractivity contribution in [3.63, 3.8) is 0 Å². The first-order chi connectivity index (χ1) is 9.61. The highest BCUT2D eigenvalue weighted by Gasteiger charge is 2.30. The lowest BCUT2D eigenvalue weighted by molar-refractivity contribution is 0.180. The van der Waals surface area contributed by atoms with E-state index in [2.05, 4.69) is 11.4 Å². The van der Waals surface area contributed by atoms with Gasteiger partial charge >= 0.3 is 8.56 Å². The van der Waals surface area contributed by atoms with Crippen molar-refractivity contribution in [2.24, 2.45) is 0 Å². The van der Waals surface area contributed by atoms with Crippen LogP contribution in [0, 0.1) is 0 Å². The number of hydrogen-bond donors (Lipinski definition) is 2. The third-order valence-corrected chi connectivity index (χ3v) is 6.33. The molecule has 0 fully saturated rings. The molecule has 0 aromatic carbocycles. The molecule has 0 saturated heterocycles. The fourth-order valence-corrected chi connectivity index (χ4v) is 4.74. The van der Waals surface area contributed by atoms with E-state index in [4.69, 9.17) is 19.1 Å². The lowest BCUT2D eigenvalue weighted by Crippen LogP contribution is -2.39. The highest BCUT2D eigenvalue weighted by molar-refractivity contribution is 6.66. The molecule has 0 heterocycles. The fourth-order valence-electron chi connectivity index (χ4n) is 2.34. The summed E-state index contributed by atoms with van der Waals surface area (Å²) in [5.41, 5.74) is 0. The molecule has 0 saturated carbocycles. The summed E-state index contributed by atoms with van der Waals surface area (Å²) in [6.45, 7) is 10.8. The van der Waals surface area contributed by atoms with Gasteiger partial charge in [-0.1, -0.05) is 0 Å². The van der Waals surface area contributed by atoms with E-state index in [-0.39, 0.29) is 13.2 Å². The smallest absolute Gasteiger partial charge is 0.334 e. The molecule has 0 unspecified atom stereocenters. The van der Waals surface area contributed by atoms with Crippen molar-refractivity contribution in [2.45, 2.75) is 45.7 Å². The van der Waals surface area contributed by atoms with Gasteiger partial charge in [0, 0.05) is 39.5 Å². The van der Waals surface area contributed by atoms with Crippen molar-refractivity contribution < 1.29 is 19.1 Å². The number of nitrogens with zero attached hydrogens (tertiary/aromatic N) is 1. The minimum atomic E-state index is -2.00. The Labute approximate surface area is 125 Å². The molecule has 0 radical (unpaired) electrons. The second-order valence-electron chi connectivity index (χ2n) is 5.10. The van der Waals surface area contributed by atoms with Gasteiger partial charge < -0.3 is 24.0 Å². The number of aliphatic hydroxyl groups is 2. The molecule has 0 aliphatic heterocycles. The summed E-state index contributed by atoms with van der Waals surface area (Å²) in [7, 11) is -2.00. The molecule has 0 atom stereocenters. The lowest BCUT2D eigenvalue weighted by atomic mass is 10.3. The zero-order chi connectivity index (χ0) is 15.3. The second-order valence-corrected chi connectivity index (χ2v) is 8.44. The fraction of sp³-hybridized carbons (Fsp3) is 1.00. The zero-order valence-corrected chi connectivity index (χ0v) is 14.4. The van der Waals surface area contributed by atoms with Crippen LogP contribution in [0.4, 0.5) is 0 Å². The molecule has 0 aromatic heterocycles. The van der Waals surface area contributed by atoms with Crippen molar-refractivity contribution in [2.75, 3.05) is 46.1 Å². The van der Waals surface area contributed by atoms with Crippen molar-refractivity contribution in [1.29, 1.82) is 0 Å². The van der Waals surface area contributed by atoms with Gasteiger partial charge in [-0.2, -0.15) is 0 Å². The Morgan fingerprint density at radius 1 is 0.850 bits per heavy atom. The molecule has 0 spiro atoms. The monoisotopic (exact) mass is 307 g/mol. The molecule has 0 rings (SSSR count). The van der Waals surface area contributed by atoms with E-state index in [1.165, 1.54) is 0 Å². The maximum atomic E-state index is 8.93. The molecule has 0 amide bonds. The Kier molecular flexibility index (Phi) is 12.7. The summed E-state index contributed by atoms with van der Waals surface area (Å²) < 4.78 is 11.7. The van der Waals surface area contributed by atoms with Gasteiger partial charge in [0.15, 0.2) is 0 Å². The molecule has 122 valence electrons. The van der Waals surface area contributed by atoms with E-state index in [1.807, 2.05) is 13.8 Å². The Bertz CT molecular complexity index is 205. The van der Waals surface area contributed by atoms with Crippen LogP contribution in [0.15, 0.2) is 0 Å². The standard InChI is InChI=1S/C14H33NO4Si/c1-4-18-20(3,19-5-2)14-8-11-15(9-6-12-16)10-7-13-17/h16-17H,4-14H2,1-3H3. The molecule has 5 nitrogen and oxygen atoms in total. The maximum Gasteiger partial charge on any atom is 0.334 e. The van der Waals surface area contributed by atoms with Crippen LogP contribution in [-0.4, -0.2) is 69.7 Å². The molecule has 20 heavy (non-hydrogen) atoms. The van der Waals surface area contributed by atoms with Crippen LogP contribution in [0.1, 0.15) is 33.1 Å². The van der Waals surface area contributed by atoms with Gasteiger partial charge in [0.05, 0.1) is 0 Å². The third-order valence-electron chi connectivity index (χ3n) is 3.27. The van der Waals surface area contributed by atoms with Crippen molar-refractivity contribution >= 4 is 8.56 Å². The van der Waals surface area contributed by atoms with Gasteiger partial charge in [0.25, 0.3) is 0 Å². The van der Waals surface area contributed by atoms with E-state index >= 15 is 0 Å². The second kappa shape index (κ2) is 12.7. The van der Waals surface area contributed by atoms with Crippen LogP contribution in [0.2, 0.25) is 12.6 Å². The highest BCUT2D eigenvalue weighted by Crippen LogP contribution is 2.16. The summed E-state index contributed by atoms with van der Waals surface area (Å²) in [4.78, 5) is 2.30. The minimum absolute atomic E-state index is 0.222. The predicted molar refractivity (Wildman–Crippen MR) is 84.1 cm³/mol. The average Bonchev–Trinajstić information content (AvgIpc) is 2.41. The van der Waals surface area contributed by atoms with Crippen molar-refractivity contribution in [3.05, 3.63) is 0 Å². The summed E-state index contributed by atoms with van der Waals surface area (Å²) in [6, 6.07) is 0.990. The van der Waals surface area contributed by atoms with E-state index in [0.717, 1.165) is 44.9 Å². The lowest BCUT2D eigenvalue weighted by Gasteiger charge is -2.28. The summed E-state index contributed by atoms with van der Waals surface area (Å²) in [5, 5.41) is 17.9. The van der Waals surface area contributed by atoms with E-state index in [1.54, 1.807) is 0 Å².